The summed E-state index contributed by atoms with van der Waals surface area (Å²) < 4.78 is 0. The molecule has 0 saturated carbocycles. The van der Waals surface area contributed by atoms with Gasteiger partial charge < -0.3 is 0 Å². The minimum absolute atomic E-state index is 0.820. The number of hydrogen-bond acceptors (Lipinski definition) is 0. The summed E-state index contributed by atoms with van der Waals surface area (Å²) in [5.74, 6) is 0.820. The molecule has 0 aliphatic carbocycles. The van der Waals surface area contributed by atoms with E-state index in [4.69, 9.17) is 11.6 Å². The molecule has 0 atom stereocenters. The van der Waals surface area contributed by atoms with Gasteiger partial charge in [-0.05, 0) is 32.1 Å². The summed E-state index contributed by atoms with van der Waals surface area (Å²) >= 11 is 5.58. The summed E-state index contributed by atoms with van der Waals surface area (Å²) in [4.78, 5) is 0. The van der Waals surface area contributed by atoms with E-state index in [-0.39, 0.29) is 0 Å². The zero-order valence-corrected chi connectivity index (χ0v) is 9.65. The van der Waals surface area contributed by atoms with E-state index in [1.807, 2.05) is 0 Å². The summed E-state index contributed by atoms with van der Waals surface area (Å²) in [6.07, 6.45) is 15.0. The first-order chi connectivity index (χ1) is 6.41. The van der Waals surface area contributed by atoms with Crippen molar-refractivity contribution in [1.82, 2.24) is 0 Å². The van der Waals surface area contributed by atoms with Crippen LogP contribution in [0.2, 0.25) is 0 Å². The van der Waals surface area contributed by atoms with Gasteiger partial charge in [0.15, 0.2) is 0 Å². The molecule has 0 aliphatic rings. The summed E-state index contributed by atoms with van der Waals surface area (Å²) in [6.45, 7) is 2.25. The lowest BCUT2D eigenvalue weighted by Crippen LogP contribution is -1.76. The maximum Gasteiger partial charge on any atom is 0.0223 e. The van der Waals surface area contributed by atoms with Crippen LogP contribution >= 0.6 is 11.6 Å². The molecule has 0 spiro atoms. The molecule has 1 heteroatoms. The van der Waals surface area contributed by atoms with Crippen LogP contribution in [0.5, 0.6) is 0 Å². The average Bonchev–Trinajstić information content (AvgIpc) is 2.16. The van der Waals surface area contributed by atoms with E-state index in [9.17, 15) is 0 Å². The molecule has 0 nitrogen and oxygen atoms in total. The summed E-state index contributed by atoms with van der Waals surface area (Å²) in [5.41, 5.74) is 0. The first-order valence-corrected chi connectivity index (χ1v) is 6.16. The molecular formula is C12H23Cl. The van der Waals surface area contributed by atoms with Gasteiger partial charge in [-0.25, -0.2) is 0 Å². The number of halogens is 1. The van der Waals surface area contributed by atoms with Crippen molar-refractivity contribution in [2.45, 2.75) is 58.3 Å². The zero-order chi connectivity index (χ0) is 9.78. The Morgan fingerprint density at radius 2 is 1.46 bits per heavy atom. The van der Waals surface area contributed by atoms with E-state index in [1.165, 1.54) is 51.4 Å². The smallest absolute Gasteiger partial charge is 0.0223 e. The number of unbranched alkanes of at least 4 members (excludes halogenated alkanes) is 6. The van der Waals surface area contributed by atoms with E-state index in [1.54, 1.807) is 0 Å². The molecule has 0 bridgehead atoms. The maximum atomic E-state index is 5.58. The first kappa shape index (κ1) is 13.0. The second-order valence-electron chi connectivity index (χ2n) is 3.51. The third kappa shape index (κ3) is 12.0. The number of allylic oxidation sites excluding steroid dienone is 2. The van der Waals surface area contributed by atoms with Crippen molar-refractivity contribution < 1.29 is 0 Å². The SMILES string of the molecule is CCCCC/C=C/CCCCCCl. The molecule has 0 heterocycles. The first-order valence-electron chi connectivity index (χ1n) is 5.62. The van der Waals surface area contributed by atoms with Crippen molar-refractivity contribution in [2.75, 3.05) is 5.88 Å². The maximum absolute atomic E-state index is 5.58. The molecular weight excluding hydrogens is 180 g/mol. The van der Waals surface area contributed by atoms with Crippen molar-refractivity contribution >= 4 is 11.6 Å². The van der Waals surface area contributed by atoms with E-state index in [0.29, 0.717) is 0 Å². The van der Waals surface area contributed by atoms with Crippen molar-refractivity contribution in [1.29, 1.82) is 0 Å². The average molecular weight is 203 g/mol. The van der Waals surface area contributed by atoms with Crippen molar-refractivity contribution in [3.8, 4) is 0 Å². The quantitative estimate of drug-likeness (QED) is 0.283. The van der Waals surface area contributed by atoms with E-state index in [2.05, 4.69) is 19.1 Å². The lowest BCUT2D eigenvalue weighted by atomic mass is 10.1. The zero-order valence-electron chi connectivity index (χ0n) is 8.90. The van der Waals surface area contributed by atoms with Crippen LogP contribution in [-0.2, 0) is 0 Å². The topological polar surface area (TPSA) is 0 Å². The lowest BCUT2D eigenvalue weighted by Gasteiger charge is -1.94. The van der Waals surface area contributed by atoms with Crippen LogP contribution in [-0.4, -0.2) is 5.88 Å². The normalized spacial score (nSPS) is 11.2. The van der Waals surface area contributed by atoms with Gasteiger partial charge in [0.05, 0.1) is 0 Å². The molecule has 0 aliphatic heterocycles. The fourth-order valence-corrected chi connectivity index (χ4v) is 1.47. The molecule has 0 aromatic heterocycles. The van der Waals surface area contributed by atoms with Crippen LogP contribution in [0.15, 0.2) is 12.2 Å². The predicted octanol–water partition coefficient (Wildman–Crippen LogP) is 4.92. The van der Waals surface area contributed by atoms with Crippen LogP contribution in [0.1, 0.15) is 58.3 Å². The Morgan fingerprint density at radius 1 is 0.846 bits per heavy atom. The lowest BCUT2D eigenvalue weighted by molar-refractivity contribution is 0.717. The molecule has 78 valence electrons. The molecule has 0 rings (SSSR count). The van der Waals surface area contributed by atoms with E-state index < -0.39 is 0 Å². The van der Waals surface area contributed by atoms with Crippen LogP contribution in [0.4, 0.5) is 0 Å². The standard InChI is InChI=1S/C12H23Cl/c1-2-3-4-5-6-7-8-9-10-11-12-13/h6-7H,2-5,8-12H2,1H3/b7-6+. The fraction of sp³-hybridized carbons (Fsp3) is 0.833. The fourth-order valence-electron chi connectivity index (χ4n) is 1.28. The van der Waals surface area contributed by atoms with Crippen LogP contribution in [0.25, 0.3) is 0 Å². The van der Waals surface area contributed by atoms with Gasteiger partial charge in [-0.1, -0.05) is 38.3 Å². The number of hydrogen-bond donors (Lipinski definition) is 0. The van der Waals surface area contributed by atoms with Crippen LogP contribution in [0, 0.1) is 0 Å². The summed E-state index contributed by atoms with van der Waals surface area (Å²) in [7, 11) is 0. The predicted molar refractivity (Wildman–Crippen MR) is 62.5 cm³/mol. The molecule has 0 radical (unpaired) electrons. The van der Waals surface area contributed by atoms with Crippen LogP contribution in [0.3, 0.4) is 0 Å². The van der Waals surface area contributed by atoms with Gasteiger partial charge in [0.2, 0.25) is 0 Å². The highest BCUT2D eigenvalue weighted by atomic mass is 35.5. The highest BCUT2D eigenvalue weighted by molar-refractivity contribution is 6.17. The van der Waals surface area contributed by atoms with Crippen molar-refractivity contribution in [3.05, 3.63) is 12.2 Å². The van der Waals surface area contributed by atoms with Crippen LogP contribution < -0.4 is 0 Å². The summed E-state index contributed by atoms with van der Waals surface area (Å²) in [6, 6.07) is 0. The third-order valence-corrected chi connectivity index (χ3v) is 2.41. The Morgan fingerprint density at radius 3 is 2.00 bits per heavy atom. The van der Waals surface area contributed by atoms with Gasteiger partial charge in [-0.2, -0.15) is 0 Å². The molecule has 0 fully saturated rings. The number of rotatable bonds is 9. The molecule has 13 heavy (non-hydrogen) atoms. The van der Waals surface area contributed by atoms with Crippen molar-refractivity contribution in [2.24, 2.45) is 0 Å². The molecule has 0 unspecified atom stereocenters. The second kappa shape index (κ2) is 12.0. The molecule has 0 aromatic carbocycles. The Bertz CT molecular complexity index is 108. The monoisotopic (exact) mass is 202 g/mol. The minimum atomic E-state index is 0.820. The van der Waals surface area contributed by atoms with E-state index in [0.717, 1.165) is 5.88 Å². The van der Waals surface area contributed by atoms with Gasteiger partial charge in [0.25, 0.3) is 0 Å². The molecule has 0 amide bonds. The van der Waals surface area contributed by atoms with Gasteiger partial charge in [0, 0.05) is 5.88 Å². The largest absolute Gasteiger partial charge is 0.127 e. The molecule has 0 aromatic rings. The van der Waals surface area contributed by atoms with Gasteiger partial charge >= 0.3 is 0 Å². The Kier molecular flexibility index (Phi) is 12.1. The summed E-state index contributed by atoms with van der Waals surface area (Å²) in [5, 5.41) is 0. The number of alkyl halides is 1. The Hall–Kier alpha value is 0.0300. The van der Waals surface area contributed by atoms with Crippen molar-refractivity contribution in [3.63, 3.8) is 0 Å². The van der Waals surface area contributed by atoms with E-state index >= 15 is 0 Å². The Balaban J connectivity index is 2.95. The van der Waals surface area contributed by atoms with Gasteiger partial charge in [-0.15, -0.1) is 11.6 Å². The Labute approximate surface area is 88.4 Å². The van der Waals surface area contributed by atoms with Gasteiger partial charge in [0.1, 0.15) is 0 Å². The highest BCUT2D eigenvalue weighted by Gasteiger charge is 1.85. The third-order valence-electron chi connectivity index (χ3n) is 2.15. The minimum Gasteiger partial charge on any atom is -0.127 e. The van der Waals surface area contributed by atoms with Gasteiger partial charge in [-0.3, -0.25) is 0 Å². The molecule has 0 saturated heterocycles. The second-order valence-corrected chi connectivity index (χ2v) is 3.88. The molecule has 0 N–H and O–H groups in total. The highest BCUT2D eigenvalue weighted by Crippen LogP contribution is 2.04.